The number of amides is 1. The number of anilines is 1. The number of nitrogens with two attached hydrogens (primary N) is 1. The summed E-state index contributed by atoms with van der Waals surface area (Å²) >= 11 is 0. The molecule has 19 heavy (non-hydrogen) atoms. The summed E-state index contributed by atoms with van der Waals surface area (Å²) < 4.78 is 23.9. The molecule has 1 fully saturated rings. The third-order valence-corrected chi connectivity index (χ3v) is 3.33. The number of carbonyl (C=O) groups excluding carboxylic acids is 1. The van der Waals surface area contributed by atoms with Gasteiger partial charge >= 0.3 is 0 Å². The number of nitrogen functional groups attached to an aromatic ring is 1. The highest BCUT2D eigenvalue weighted by Gasteiger charge is 2.35. The van der Waals surface area contributed by atoms with Crippen molar-refractivity contribution < 1.29 is 18.7 Å². The highest BCUT2D eigenvalue weighted by atomic mass is 19.1. The lowest BCUT2D eigenvalue weighted by Crippen LogP contribution is -2.45. The van der Waals surface area contributed by atoms with Gasteiger partial charge in [0.25, 0.3) is 5.91 Å². The molecule has 2 rings (SSSR count). The van der Waals surface area contributed by atoms with Gasteiger partial charge in [0.15, 0.2) is 0 Å². The predicted octanol–water partition coefficient (Wildman–Crippen LogP) is 0.943. The second-order valence-corrected chi connectivity index (χ2v) is 4.61. The molecule has 1 aromatic rings. The van der Waals surface area contributed by atoms with Crippen LogP contribution in [-0.4, -0.2) is 38.4 Å². The normalized spacial score (nSPS) is 22.4. The molecule has 104 valence electrons. The summed E-state index contributed by atoms with van der Waals surface area (Å²) in [4.78, 5) is 11.9. The molecule has 0 bridgehead atoms. The van der Waals surface area contributed by atoms with E-state index in [0.717, 1.165) is 12.5 Å². The summed E-state index contributed by atoms with van der Waals surface area (Å²) in [6, 6.07) is 3.97. The van der Waals surface area contributed by atoms with Crippen LogP contribution in [0.25, 0.3) is 0 Å². The Hall–Kier alpha value is -1.66. The highest BCUT2D eigenvalue weighted by molar-refractivity contribution is 5.94. The maximum atomic E-state index is 13.3. The second kappa shape index (κ2) is 5.54. The van der Waals surface area contributed by atoms with Gasteiger partial charge in [-0.15, -0.1) is 0 Å². The maximum Gasteiger partial charge on any atom is 0.251 e. The van der Waals surface area contributed by atoms with Crippen LogP contribution >= 0.6 is 0 Å². The zero-order valence-electron chi connectivity index (χ0n) is 10.7. The molecule has 0 saturated carbocycles. The third kappa shape index (κ3) is 3.02. The molecule has 3 N–H and O–H groups in total. The van der Waals surface area contributed by atoms with E-state index in [4.69, 9.17) is 15.2 Å². The number of carbonyl (C=O) groups is 1. The van der Waals surface area contributed by atoms with Gasteiger partial charge in [-0.25, -0.2) is 4.39 Å². The standard InChI is InChI=1S/C13H17FN2O3/c1-18-13(4-5-19-8-13)7-16-12(17)9-2-3-11(15)10(14)6-9/h2-3,6H,4-5,7-8,15H2,1H3,(H,16,17). The first-order valence-corrected chi connectivity index (χ1v) is 6.02. The van der Waals surface area contributed by atoms with Crippen molar-refractivity contribution in [3.8, 4) is 0 Å². The van der Waals surface area contributed by atoms with Crippen LogP contribution < -0.4 is 11.1 Å². The van der Waals surface area contributed by atoms with E-state index in [1.807, 2.05) is 0 Å². The molecule has 1 aliphatic heterocycles. The lowest BCUT2D eigenvalue weighted by atomic mass is 10.0. The average Bonchev–Trinajstić information content (AvgIpc) is 2.89. The number of hydrogen-bond acceptors (Lipinski definition) is 4. The quantitative estimate of drug-likeness (QED) is 0.797. The zero-order valence-corrected chi connectivity index (χ0v) is 10.7. The summed E-state index contributed by atoms with van der Waals surface area (Å²) in [5, 5.41) is 2.73. The number of nitrogens with one attached hydrogen (secondary N) is 1. The summed E-state index contributed by atoms with van der Waals surface area (Å²) in [6.07, 6.45) is 0.722. The smallest absolute Gasteiger partial charge is 0.251 e. The van der Waals surface area contributed by atoms with Crippen molar-refractivity contribution in [2.75, 3.05) is 32.6 Å². The minimum absolute atomic E-state index is 0.0223. The van der Waals surface area contributed by atoms with E-state index in [9.17, 15) is 9.18 Å². The van der Waals surface area contributed by atoms with Crippen molar-refractivity contribution in [1.82, 2.24) is 5.32 Å². The van der Waals surface area contributed by atoms with Crippen LogP contribution in [-0.2, 0) is 9.47 Å². The average molecular weight is 268 g/mol. The number of hydrogen-bond donors (Lipinski definition) is 2. The fraction of sp³-hybridized carbons (Fsp3) is 0.462. The van der Waals surface area contributed by atoms with Gasteiger partial charge in [0.1, 0.15) is 11.4 Å². The molecular weight excluding hydrogens is 251 g/mol. The lowest BCUT2D eigenvalue weighted by Gasteiger charge is -2.25. The van der Waals surface area contributed by atoms with Crippen LogP contribution in [0.1, 0.15) is 16.8 Å². The Morgan fingerprint density at radius 3 is 3.00 bits per heavy atom. The first-order valence-electron chi connectivity index (χ1n) is 6.02. The van der Waals surface area contributed by atoms with Crippen LogP contribution in [0.5, 0.6) is 0 Å². The van der Waals surface area contributed by atoms with Crippen LogP contribution in [0.4, 0.5) is 10.1 Å². The van der Waals surface area contributed by atoms with Gasteiger partial charge in [0, 0.05) is 32.2 Å². The number of methoxy groups -OCH3 is 1. The van der Waals surface area contributed by atoms with E-state index in [2.05, 4.69) is 5.32 Å². The van der Waals surface area contributed by atoms with Gasteiger partial charge in [-0.1, -0.05) is 0 Å². The van der Waals surface area contributed by atoms with E-state index in [-0.39, 0.29) is 17.2 Å². The summed E-state index contributed by atoms with van der Waals surface area (Å²) in [6.45, 7) is 1.38. The van der Waals surface area contributed by atoms with E-state index in [0.29, 0.717) is 19.8 Å². The third-order valence-electron chi connectivity index (χ3n) is 3.33. The van der Waals surface area contributed by atoms with Crippen molar-refractivity contribution in [3.63, 3.8) is 0 Å². The molecule has 0 aliphatic carbocycles. The number of ether oxygens (including phenoxy) is 2. The van der Waals surface area contributed by atoms with Crippen LogP contribution in [0.3, 0.4) is 0 Å². The molecule has 1 atom stereocenters. The topological polar surface area (TPSA) is 73.6 Å². The Kier molecular flexibility index (Phi) is 4.01. The van der Waals surface area contributed by atoms with Crippen molar-refractivity contribution >= 4 is 11.6 Å². The molecule has 1 aliphatic rings. The number of benzene rings is 1. The van der Waals surface area contributed by atoms with Gasteiger partial charge in [-0.2, -0.15) is 0 Å². The Balaban J connectivity index is 1.99. The van der Waals surface area contributed by atoms with Gasteiger partial charge in [0.05, 0.1) is 12.3 Å². The van der Waals surface area contributed by atoms with E-state index in [1.165, 1.54) is 12.1 Å². The van der Waals surface area contributed by atoms with Gasteiger partial charge in [-0.05, 0) is 18.2 Å². The summed E-state index contributed by atoms with van der Waals surface area (Å²) in [5.74, 6) is -0.958. The molecule has 0 radical (unpaired) electrons. The predicted molar refractivity (Wildman–Crippen MR) is 68.3 cm³/mol. The van der Waals surface area contributed by atoms with Gasteiger partial charge < -0.3 is 20.5 Å². The first kappa shape index (κ1) is 13.8. The van der Waals surface area contributed by atoms with E-state index < -0.39 is 11.4 Å². The fourth-order valence-corrected chi connectivity index (χ4v) is 1.97. The zero-order chi connectivity index (χ0) is 13.9. The Morgan fingerprint density at radius 1 is 1.63 bits per heavy atom. The molecule has 5 nitrogen and oxygen atoms in total. The molecular formula is C13H17FN2O3. The minimum atomic E-state index is -0.599. The van der Waals surface area contributed by atoms with E-state index >= 15 is 0 Å². The second-order valence-electron chi connectivity index (χ2n) is 4.61. The van der Waals surface area contributed by atoms with Crippen LogP contribution in [0.2, 0.25) is 0 Å². The Bertz CT molecular complexity index is 473. The van der Waals surface area contributed by atoms with Crippen LogP contribution in [0.15, 0.2) is 18.2 Å². The molecule has 0 aromatic heterocycles. The summed E-state index contributed by atoms with van der Waals surface area (Å²) in [5.41, 5.74) is 5.13. The molecule has 1 heterocycles. The largest absolute Gasteiger partial charge is 0.396 e. The molecule has 6 heteroatoms. The van der Waals surface area contributed by atoms with Crippen molar-refractivity contribution in [2.24, 2.45) is 0 Å². The number of halogens is 1. The SMILES string of the molecule is COC1(CNC(=O)c2ccc(N)c(F)c2)CCOC1. The van der Waals surface area contributed by atoms with Gasteiger partial charge in [0.2, 0.25) is 0 Å². The fourth-order valence-electron chi connectivity index (χ4n) is 1.97. The Labute approximate surface area is 110 Å². The van der Waals surface area contributed by atoms with Crippen molar-refractivity contribution in [3.05, 3.63) is 29.6 Å². The first-order chi connectivity index (χ1) is 9.06. The van der Waals surface area contributed by atoms with Crippen LogP contribution in [0, 0.1) is 5.82 Å². The molecule has 1 amide bonds. The van der Waals surface area contributed by atoms with E-state index in [1.54, 1.807) is 7.11 Å². The van der Waals surface area contributed by atoms with Gasteiger partial charge in [-0.3, -0.25) is 4.79 Å². The van der Waals surface area contributed by atoms with Crippen molar-refractivity contribution in [2.45, 2.75) is 12.0 Å². The highest BCUT2D eigenvalue weighted by Crippen LogP contribution is 2.21. The Morgan fingerprint density at radius 2 is 2.42 bits per heavy atom. The monoisotopic (exact) mass is 268 g/mol. The number of rotatable bonds is 4. The molecule has 1 unspecified atom stereocenters. The molecule has 1 aromatic carbocycles. The maximum absolute atomic E-state index is 13.3. The van der Waals surface area contributed by atoms with Crippen molar-refractivity contribution in [1.29, 1.82) is 0 Å². The minimum Gasteiger partial charge on any atom is -0.396 e. The summed E-state index contributed by atoms with van der Waals surface area (Å²) in [7, 11) is 1.59. The molecule has 1 saturated heterocycles. The molecule has 0 spiro atoms. The lowest BCUT2D eigenvalue weighted by molar-refractivity contribution is -0.0148.